The monoisotopic (exact) mass is 431 g/mol. The van der Waals surface area contributed by atoms with Crippen LogP contribution >= 0.6 is 11.6 Å². The normalized spacial score (nSPS) is 20.7. The first-order valence-corrected chi connectivity index (χ1v) is 10.8. The van der Waals surface area contributed by atoms with Crippen molar-refractivity contribution in [3.05, 3.63) is 52.4 Å². The van der Waals surface area contributed by atoms with Crippen molar-refractivity contribution in [2.45, 2.75) is 31.9 Å². The Morgan fingerprint density at radius 1 is 1.23 bits per heavy atom. The fourth-order valence-electron chi connectivity index (χ4n) is 4.47. The highest BCUT2D eigenvalue weighted by Crippen LogP contribution is 2.37. The SMILES string of the molecule is C[C@@H]1CCc2ncnc(N3CCN(C(=O)[C@H](CN)C(F)c4ccc(Cl)cc4)CC3)c21. The van der Waals surface area contributed by atoms with Gasteiger partial charge < -0.3 is 15.5 Å². The van der Waals surface area contributed by atoms with E-state index in [9.17, 15) is 4.79 Å². The summed E-state index contributed by atoms with van der Waals surface area (Å²) in [7, 11) is 0. The molecule has 2 heterocycles. The Bertz CT molecular complexity index is 901. The fourth-order valence-corrected chi connectivity index (χ4v) is 4.60. The van der Waals surface area contributed by atoms with Crippen LogP contribution in [0.1, 0.15) is 42.3 Å². The number of aromatic nitrogens is 2. The molecular weight excluding hydrogens is 405 g/mol. The number of rotatable bonds is 5. The topological polar surface area (TPSA) is 75.4 Å². The molecule has 1 aliphatic heterocycles. The molecule has 1 saturated heterocycles. The highest BCUT2D eigenvalue weighted by molar-refractivity contribution is 6.30. The van der Waals surface area contributed by atoms with Crippen LogP contribution in [0.5, 0.6) is 0 Å². The summed E-state index contributed by atoms with van der Waals surface area (Å²) in [5.41, 5.74) is 8.60. The van der Waals surface area contributed by atoms with Crippen LogP contribution in [0.4, 0.5) is 10.2 Å². The minimum Gasteiger partial charge on any atom is -0.353 e. The average Bonchev–Trinajstić information content (AvgIpc) is 3.16. The molecule has 1 amide bonds. The van der Waals surface area contributed by atoms with Crippen LogP contribution < -0.4 is 10.6 Å². The molecular formula is C22H27ClFN5O. The molecule has 4 rings (SSSR count). The number of carbonyl (C=O) groups excluding carboxylic acids is 1. The molecule has 30 heavy (non-hydrogen) atoms. The summed E-state index contributed by atoms with van der Waals surface area (Å²) in [4.78, 5) is 25.9. The van der Waals surface area contributed by atoms with Crippen LogP contribution in [0.25, 0.3) is 0 Å². The number of piperazine rings is 1. The fraction of sp³-hybridized carbons (Fsp3) is 0.500. The smallest absolute Gasteiger partial charge is 0.230 e. The maximum atomic E-state index is 15.1. The van der Waals surface area contributed by atoms with Gasteiger partial charge in [-0.3, -0.25) is 4.79 Å². The zero-order valence-electron chi connectivity index (χ0n) is 17.1. The molecule has 6 nitrogen and oxygen atoms in total. The van der Waals surface area contributed by atoms with Crippen molar-refractivity contribution in [1.82, 2.24) is 14.9 Å². The molecule has 0 radical (unpaired) electrons. The largest absolute Gasteiger partial charge is 0.353 e. The third-order valence-electron chi connectivity index (χ3n) is 6.26. The lowest BCUT2D eigenvalue weighted by Crippen LogP contribution is -2.52. The second-order valence-corrected chi connectivity index (χ2v) is 8.54. The molecule has 1 aromatic carbocycles. The minimum atomic E-state index is -1.45. The molecule has 0 saturated carbocycles. The summed E-state index contributed by atoms with van der Waals surface area (Å²) < 4.78 is 15.1. The van der Waals surface area contributed by atoms with E-state index in [1.54, 1.807) is 35.5 Å². The van der Waals surface area contributed by atoms with E-state index in [0.717, 1.165) is 24.4 Å². The Morgan fingerprint density at radius 2 is 1.93 bits per heavy atom. The van der Waals surface area contributed by atoms with Crippen molar-refractivity contribution in [2.24, 2.45) is 11.7 Å². The summed E-state index contributed by atoms with van der Waals surface area (Å²) in [5, 5.41) is 0.531. The number of fused-ring (bicyclic) bond motifs is 1. The van der Waals surface area contributed by atoms with Crippen LogP contribution in [-0.2, 0) is 11.2 Å². The Morgan fingerprint density at radius 3 is 2.60 bits per heavy atom. The molecule has 0 bridgehead atoms. The number of aryl methyl sites for hydroxylation is 1. The molecule has 2 aliphatic rings. The van der Waals surface area contributed by atoms with Gasteiger partial charge in [0, 0.05) is 49.0 Å². The van der Waals surface area contributed by atoms with Crippen molar-refractivity contribution in [1.29, 1.82) is 0 Å². The molecule has 0 spiro atoms. The van der Waals surface area contributed by atoms with E-state index in [-0.39, 0.29) is 12.5 Å². The lowest BCUT2D eigenvalue weighted by molar-refractivity contribution is -0.137. The van der Waals surface area contributed by atoms with Gasteiger partial charge in [0.05, 0.1) is 5.92 Å². The van der Waals surface area contributed by atoms with E-state index >= 15 is 4.39 Å². The van der Waals surface area contributed by atoms with Gasteiger partial charge in [-0.1, -0.05) is 30.7 Å². The molecule has 2 N–H and O–H groups in total. The first-order valence-electron chi connectivity index (χ1n) is 10.5. The number of nitrogens with two attached hydrogens (primary N) is 1. The van der Waals surface area contributed by atoms with Crippen LogP contribution in [0.3, 0.4) is 0 Å². The lowest BCUT2D eigenvalue weighted by atomic mass is 9.95. The number of hydrogen-bond acceptors (Lipinski definition) is 5. The third-order valence-corrected chi connectivity index (χ3v) is 6.51. The predicted octanol–water partition coefficient (Wildman–Crippen LogP) is 3.11. The molecule has 160 valence electrons. The van der Waals surface area contributed by atoms with Crippen molar-refractivity contribution in [2.75, 3.05) is 37.6 Å². The van der Waals surface area contributed by atoms with Crippen molar-refractivity contribution >= 4 is 23.3 Å². The maximum absolute atomic E-state index is 15.1. The Labute approximate surface area is 181 Å². The number of amides is 1. The molecule has 8 heteroatoms. The Balaban J connectivity index is 1.43. The van der Waals surface area contributed by atoms with Gasteiger partial charge in [-0.25, -0.2) is 14.4 Å². The number of nitrogens with zero attached hydrogens (tertiary/aromatic N) is 4. The number of halogens is 2. The van der Waals surface area contributed by atoms with Crippen molar-refractivity contribution in [3.8, 4) is 0 Å². The maximum Gasteiger partial charge on any atom is 0.230 e. The van der Waals surface area contributed by atoms with E-state index in [0.29, 0.717) is 42.7 Å². The van der Waals surface area contributed by atoms with Gasteiger partial charge in [0.1, 0.15) is 18.3 Å². The number of anilines is 1. The van der Waals surface area contributed by atoms with Gasteiger partial charge in [-0.05, 0) is 36.5 Å². The number of carbonyl (C=O) groups is 1. The van der Waals surface area contributed by atoms with E-state index in [4.69, 9.17) is 17.3 Å². The molecule has 1 fully saturated rings. The summed E-state index contributed by atoms with van der Waals surface area (Å²) in [5.74, 6) is 0.295. The standard InChI is InChI=1S/C22H27ClFN5O/c1-14-2-7-18-19(14)21(27-13-26-18)28-8-10-29(11-9-28)22(30)17(12-25)20(24)15-3-5-16(23)6-4-15/h3-6,13-14,17,20H,2,7-12,25H2,1H3/t14-,17-,20?/m1/s1. The van der Waals surface area contributed by atoms with E-state index < -0.39 is 12.1 Å². The van der Waals surface area contributed by atoms with Gasteiger partial charge in [0.15, 0.2) is 0 Å². The van der Waals surface area contributed by atoms with Gasteiger partial charge in [-0.2, -0.15) is 0 Å². The number of alkyl halides is 1. The number of hydrogen-bond donors (Lipinski definition) is 1. The molecule has 1 unspecified atom stereocenters. The van der Waals surface area contributed by atoms with Gasteiger partial charge in [0.2, 0.25) is 5.91 Å². The van der Waals surface area contributed by atoms with Gasteiger partial charge in [-0.15, -0.1) is 0 Å². The molecule has 1 aliphatic carbocycles. The van der Waals surface area contributed by atoms with Crippen molar-refractivity contribution in [3.63, 3.8) is 0 Å². The molecule has 2 aromatic rings. The van der Waals surface area contributed by atoms with E-state index in [1.807, 2.05) is 0 Å². The second kappa shape index (κ2) is 8.86. The van der Waals surface area contributed by atoms with Crippen LogP contribution in [0, 0.1) is 5.92 Å². The van der Waals surface area contributed by atoms with Gasteiger partial charge in [0.25, 0.3) is 0 Å². The van der Waals surface area contributed by atoms with Crippen LogP contribution in [0.15, 0.2) is 30.6 Å². The van der Waals surface area contributed by atoms with Crippen LogP contribution in [0.2, 0.25) is 5.02 Å². The van der Waals surface area contributed by atoms with Crippen molar-refractivity contribution < 1.29 is 9.18 Å². The summed E-state index contributed by atoms with van der Waals surface area (Å²) in [6.45, 7) is 4.54. The first kappa shape index (κ1) is 21.0. The zero-order chi connectivity index (χ0) is 21.3. The number of benzene rings is 1. The molecule has 1 aromatic heterocycles. The average molecular weight is 432 g/mol. The zero-order valence-corrected chi connectivity index (χ0v) is 17.9. The predicted molar refractivity (Wildman–Crippen MR) is 115 cm³/mol. The second-order valence-electron chi connectivity index (χ2n) is 8.11. The minimum absolute atomic E-state index is 0.0419. The van der Waals surface area contributed by atoms with E-state index in [2.05, 4.69) is 21.8 Å². The summed E-state index contributed by atoms with van der Waals surface area (Å²) >= 11 is 5.89. The first-order chi connectivity index (χ1) is 14.5. The molecule has 3 atom stereocenters. The lowest BCUT2D eigenvalue weighted by Gasteiger charge is -2.38. The Kier molecular flexibility index (Phi) is 6.20. The summed E-state index contributed by atoms with van der Waals surface area (Å²) in [6.07, 6.45) is 2.27. The third kappa shape index (κ3) is 4.01. The van der Waals surface area contributed by atoms with Crippen LogP contribution in [-0.4, -0.2) is 53.5 Å². The Hall–Kier alpha value is -2.25. The quantitative estimate of drug-likeness (QED) is 0.787. The highest BCUT2D eigenvalue weighted by Gasteiger charge is 2.34. The van der Waals surface area contributed by atoms with Gasteiger partial charge >= 0.3 is 0 Å². The van der Waals surface area contributed by atoms with E-state index in [1.165, 1.54) is 5.56 Å². The summed E-state index contributed by atoms with van der Waals surface area (Å²) in [6, 6.07) is 6.47. The highest BCUT2D eigenvalue weighted by atomic mass is 35.5.